The van der Waals surface area contributed by atoms with Crippen LogP contribution in [-0.2, 0) is 14.6 Å². The smallest absolute Gasteiger partial charge is 0.337 e. The van der Waals surface area contributed by atoms with Gasteiger partial charge in [0.05, 0.1) is 12.7 Å². The quantitative estimate of drug-likeness (QED) is 0.766. The van der Waals surface area contributed by atoms with Crippen molar-refractivity contribution in [3.05, 3.63) is 40.6 Å². The van der Waals surface area contributed by atoms with Gasteiger partial charge in [-0.2, -0.15) is 0 Å². The zero-order chi connectivity index (χ0) is 18.0. The Hall–Kier alpha value is -1.73. The number of hydrogen-bond donors (Lipinski definition) is 0. The van der Waals surface area contributed by atoms with E-state index in [1.807, 2.05) is 0 Å². The zero-order valence-corrected chi connectivity index (χ0v) is 15.0. The molecule has 1 saturated carbocycles. The van der Waals surface area contributed by atoms with Gasteiger partial charge in [-0.05, 0) is 43.9 Å². The van der Waals surface area contributed by atoms with Crippen LogP contribution in [0, 0.1) is 5.82 Å². The molecule has 1 aromatic carbocycles. The maximum absolute atomic E-state index is 14.2. The summed E-state index contributed by atoms with van der Waals surface area (Å²) in [5.74, 6) is -1.64. The van der Waals surface area contributed by atoms with E-state index in [1.165, 1.54) is 37.8 Å². The molecule has 5 nitrogen and oxygen atoms in total. The molecule has 0 radical (unpaired) electrons. The molecule has 1 saturated heterocycles. The number of benzene rings is 1. The molecule has 1 aliphatic carbocycles. The fourth-order valence-corrected chi connectivity index (χ4v) is 4.70. The van der Waals surface area contributed by atoms with Crippen LogP contribution in [-0.4, -0.2) is 45.5 Å². The van der Waals surface area contributed by atoms with E-state index in [9.17, 15) is 17.6 Å². The topological polar surface area (TPSA) is 63.7 Å². The second-order valence-corrected chi connectivity index (χ2v) is 8.34. The predicted octanol–water partition coefficient (Wildman–Crippen LogP) is 2.92. The van der Waals surface area contributed by atoms with Crippen LogP contribution in [0.15, 0.2) is 34.1 Å². The number of rotatable bonds is 4. The van der Waals surface area contributed by atoms with Gasteiger partial charge >= 0.3 is 5.97 Å². The van der Waals surface area contributed by atoms with E-state index in [4.69, 9.17) is 0 Å². The van der Waals surface area contributed by atoms with Gasteiger partial charge in [0, 0.05) is 24.5 Å². The summed E-state index contributed by atoms with van der Waals surface area (Å²) in [6.07, 6.45) is 5.12. The van der Waals surface area contributed by atoms with Crippen molar-refractivity contribution in [2.24, 2.45) is 0 Å². The van der Waals surface area contributed by atoms with E-state index in [-0.39, 0.29) is 5.56 Å². The number of carbonyl (C=O) groups excluding carboxylic acids is 1. The first-order chi connectivity index (χ1) is 11.9. The molecule has 7 heteroatoms. The highest BCUT2D eigenvalue weighted by molar-refractivity contribution is 7.94. The molecule has 3 rings (SSSR count). The van der Waals surface area contributed by atoms with Crippen LogP contribution < -0.4 is 0 Å². The summed E-state index contributed by atoms with van der Waals surface area (Å²) < 4.78 is 43.7. The van der Waals surface area contributed by atoms with Crippen molar-refractivity contribution < 1.29 is 22.3 Å². The van der Waals surface area contributed by atoms with E-state index in [1.54, 1.807) is 0 Å². The fourth-order valence-electron chi connectivity index (χ4n) is 3.31. The molecule has 0 N–H and O–H groups in total. The van der Waals surface area contributed by atoms with Gasteiger partial charge in [0.2, 0.25) is 9.84 Å². The Morgan fingerprint density at radius 3 is 2.48 bits per heavy atom. The minimum absolute atomic E-state index is 0.0135. The Bertz CT molecular complexity index is 789. The first kappa shape index (κ1) is 18.1. The number of ether oxygens (including phenoxy) is 1. The van der Waals surface area contributed by atoms with Crippen LogP contribution in [0.25, 0.3) is 0 Å². The second-order valence-electron chi connectivity index (χ2n) is 6.58. The highest BCUT2D eigenvalue weighted by atomic mass is 32.2. The van der Waals surface area contributed by atoms with Crippen molar-refractivity contribution in [2.45, 2.75) is 43.0 Å². The van der Waals surface area contributed by atoms with Crippen molar-refractivity contribution >= 4 is 15.8 Å². The third-order valence-electron chi connectivity index (χ3n) is 5.01. The Morgan fingerprint density at radius 2 is 1.96 bits per heavy atom. The van der Waals surface area contributed by atoms with Gasteiger partial charge < -0.3 is 4.74 Å². The maximum Gasteiger partial charge on any atom is 0.337 e. The van der Waals surface area contributed by atoms with Crippen molar-refractivity contribution in [3.63, 3.8) is 0 Å². The second kappa shape index (κ2) is 7.25. The summed E-state index contributed by atoms with van der Waals surface area (Å²) >= 11 is 0. The Kier molecular flexibility index (Phi) is 5.24. The normalized spacial score (nSPS) is 19.4. The lowest BCUT2D eigenvalue weighted by atomic mass is 9.89. The number of nitrogens with zero attached hydrogens (tertiary/aromatic N) is 1. The molecule has 0 bridgehead atoms. The van der Waals surface area contributed by atoms with E-state index >= 15 is 0 Å². The molecule has 2 fully saturated rings. The number of methoxy groups -OCH3 is 1. The van der Waals surface area contributed by atoms with Crippen LogP contribution >= 0.6 is 0 Å². The van der Waals surface area contributed by atoms with Gasteiger partial charge in [-0.3, -0.25) is 4.90 Å². The Labute approximate surface area is 147 Å². The maximum atomic E-state index is 14.2. The molecule has 136 valence electrons. The summed E-state index contributed by atoms with van der Waals surface area (Å²) in [7, 11) is -2.69. The van der Waals surface area contributed by atoms with E-state index < -0.39 is 26.5 Å². The van der Waals surface area contributed by atoms with Gasteiger partial charge in [0.25, 0.3) is 0 Å². The lowest BCUT2D eigenvalue weighted by Gasteiger charge is -2.40. The summed E-state index contributed by atoms with van der Waals surface area (Å²) in [6.45, 7) is 1.71. The van der Waals surface area contributed by atoms with Gasteiger partial charge in [-0.25, -0.2) is 17.6 Å². The molecular weight excluding hydrogens is 345 g/mol. The molecule has 0 spiro atoms. The summed E-state index contributed by atoms with van der Waals surface area (Å²) in [5.41, 5.74) is 0.812. The largest absolute Gasteiger partial charge is 0.465 e. The minimum Gasteiger partial charge on any atom is -0.465 e. The first-order valence-electron chi connectivity index (χ1n) is 8.47. The lowest BCUT2D eigenvalue weighted by Crippen LogP contribution is -2.43. The van der Waals surface area contributed by atoms with Crippen LogP contribution in [0.3, 0.4) is 0 Å². The first-order valence-corrected chi connectivity index (χ1v) is 10.0. The number of sulfone groups is 1. The summed E-state index contributed by atoms with van der Waals surface area (Å²) in [4.78, 5) is 13.4. The average molecular weight is 367 g/mol. The number of hydrogen-bond acceptors (Lipinski definition) is 5. The van der Waals surface area contributed by atoms with Crippen molar-refractivity contribution in [2.75, 3.05) is 20.2 Å². The van der Waals surface area contributed by atoms with Crippen LogP contribution in [0.4, 0.5) is 4.39 Å². The molecule has 0 unspecified atom stereocenters. The number of likely N-dealkylation sites (tertiary alicyclic amines) is 1. The molecule has 1 heterocycles. The van der Waals surface area contributed by atoms with Crippen molar-refractivity contribution in [1.29, 1.82) is 0 Å². The minimum atomic E-state index is -3.88. The summed E-state index contributed by atoms with van der Waals surface area (Å²) in [6, 6.07) is 3.94. The standard InChI is InChI=1S/C18H22FNO4S/c1-24-18(21)14-5-6-17(16(19)11-14)25(22,23)12-13-7-9-20(10-8-13)15-3-2-4-15/h5-6,11-12,15H,2-4,7-10H2,1H3. The molecule has 1 aliphatic heterocycles. The fraction of sp³-hybridized carbons (Fsp3) is 0.500. The molecule has 2 aliphatic rings. The van der Waals surface area contributed by atoms with Crippen LogP contribution in [0.2, 0.25) is 0 Å². The highest BCUT2D eigenvalue weighted by Crippen LogP contribution is 2.30. The number of esters is 1. The Morgan fingerprint density at radius 1 is 1.28 bits per heavy atom. The highest BCUT2D eigenvalue weighted by Gasteiger charge is 2.28. The van der Waals surface area contributed by atoms with E-state index in [2.05, 4.69) is 9.64 Å². The van der Waals surface area contributed by atoms with Crippen LogP contribution in [0.5, 0.6) is 0 Å². The summed E-state index contributed by atoms with van der Waals surface area (Å²) in [5, 5.41) is 1.20. The third-order valence-corrected chi connectivity index (χ3v) is 6.60. The zero-order valence-electron chi connectivity index (χ0n) is 14.2. The monoisotopic (exact) mass is 367 g/mol. The Balaban J connectivity index is 1.74. The molecule has 0 amide bonds. The van der Waals surface area contributed by atoms with E-state index in [0.717, 1.165) is 30.8 Å². The SMILES string of the molecule is COC(=O)c1ccc(S(=O)(=O)C=C2CCN(C3CCC3)CC2)c(F)c1. The van der Waals surface area contributed by atoms with Gasteiger partial charge in [0.1, 0.15) is 10.7 Å². The third kappa shape index (κ3) is 3.93. The molecular formula is C18H22FNO4S. The number of halogens is 1. The number of carbonyl (C=O) groups is 1. The van der Waals surface area contributed by atoms with Gasteiger partial charge in [0.15, 0.2) is 0 Å². The molecule has 0 atom stereocenters. The molecule has 0 aromatic heterocycles. The molecule has 1 aromatic rings. The van der Waals surface area contributed by atoms with Gasteiger partial charge in [-0.15, -0.1) is 0 Å². The average Bonchev–Trinajstić information content (AvgIpc) is 2.53. The number of piperidine rings is 1. The molecule has 25 heavy (non-hydrogen) atoms. The van der Waals surface area contributed by atoms with Crippen LogP contribution in [0.1, 0.15) is 42.5 Å². The lowest BCUT2D eigenvalue weighted by molar-refractivity contribution is 0.0600. The van der Waals surface area contributed by atoms with Gasteiger partial charge in [-0.1, -0.05) is 12.0 Å². The van der Waals surface area contributed by atoms with E-state index in [0.29, 0.717) is 18.9 Å². The predicted molar refractivity (Wildman–Crippen MR) is 91.5 cm³/mol. The van der Waals surface area contributed by atoms with Crippen molar-refractivity contribution in [3.8, 4) is 0 Å². The van der Waals surface area contributed by atoms with Crippen molar-refractivity contribution in [1.82, 2.24) is 4.90 Å².